The van der Waals surface area contributed by atoms with Gasteiger partial charge in [-0.1, -0.05) is 110 Å². The molecule has 0 saturated carbocycles. The molecule has 1 amide bonds. The van der Waals surface area contributed by atoms with E-state index in [0.717, 1.165) is 149 Å². The summed E-state index contributed by atoms with van der Waals surface area (Å²) in [5.74, 6) is 3.23. The number of likely N-dealkylation sites (N-methyl/N-ethyl adjacent to an activating group) is 3. The number of carbonyl (C=O) groups excluding carboxylic acids is 2. The monoisotopic (exact) mass is 1320 g/mol. The number of amides is 1. The molecule has 0 aromatic carbocycles. The lowest BCUT2D eigenvalue weighted by atomic mass is 10.1. The maximum Gasteiger partial charge on any atom is 0.333 e. The van der Waals surface area contributed by atoms with Crippen LogP contribution in [0.1, 0.15) is 155 Å². The van der Waals surface area contributed by atoms with Crippen LogP contribution in [0.15, 0.2) is 49.3 Å². The summed E-state index contributed by atoms with van der Waals surface area (Å²) in [5.41, 5.74) is 1.35. The maximum absolute atomic E-state index is 11.7. The Bertz CT molecular complexity index is 2490. The number of rotatable bonds is 44. The second-order valence-corrected chi connectivity index (χ2v) is 32.6. The van der Waals surface area contributed by atoms with Crippen LogP contribution in [0.2, 0.25) is 0 Å². The zero-order valence-electron chi connectivity index (χ0n) is 54.7. The van der Waals surface area contributed by atoms with E-state index in [9.17, 15) is 52.7 Å². The van der Waals surface area contributed by atoms with E-state index in [0.29, 0.717) is 67.7 Å². The van der Waals surface area contributed by atoms with Gasteiger partial charge in [-0.15, -0.1) is 0 Å². The smallest absolute Gasteiger partial charge is 0.333 e. The number of nitrogens with zero attached hydrogens (tertiary/aromatic N) is 6. The highest BCUT2D eigenvalue weighted by Crippen LogP contribution is 2.23. The highest BCUT2D eigenvalue weighted by atomic mass is 32.2. The summed E-state index contributed by atoms with van der Waals surface area (Å²) in [4.78, 5) is 26.9. The van der Waals surface area contributed by atoms with Crippen molar-refractivity contribution in [3.63, 3.8) is 0 Å². The van der Waals surface area contributed by atoms with Crippen molar-refractivity contribution in [3.05, 3.63) is 49.3 Å². The van der Waals surface area contributed by atoms with Gasteiger partial charge in [-0.25, -0.2) is 25.8 Å². The van der Waals surface area contributed by atoms with E-state index in [4.69, 9.17) is 14.0 Å². The van der Waals surface area contributed by atoms with Gasteiger partial charge < -0.3 is 46.0 Å². The van der Waals surface area contributed by atoms with Crippen molar-refractivity contribution in [1.82, 2.24) is 9.80 Å². The summed E-state index contributed by atoms with van der Waals surface area (Å²) < 4.78 is 130. The summed E-state index contributed by atoms with van der Waals surface area (Å²) in [6, 6.07) is 0. The fourth-order valence-corrected chi connectivity index (χ4v) is 13.5. The molecule has 21 nitrogen and oxygen atoms in total. The molecule has 0 radical (unpaired) electrons. The highest BCUT2D eigenvalue weighted by Gasteiger charge is 2.39. The molecule has 0 spiro atoms. The van der Waals surface area contributed by atoms with Gasteiger partial charge in [0.25, 0.3) is 10.1 Å². The van der Waals surface area contributed by atoms with Crippen LogP contribution < -0.4 is 0 Å². The summed E-state index contributed by atoms with van der Waals surface area (Å²) >= 11 is 0. The van der Waals surface area contributed by atoms with Crippen LogP contribution in [0, 0.1) is 0 Å². The van der Waals surface area contributed by atoms with Crippen molar-refractivity contribution < 1.29 is 84.7 Å². The van der Waals surface area contributed by atoms with E-state index < -0.39 is 40.2 Å². The lowest BCUT2D eigenvalue weighted by Gasteiger charge is -2.48. The van der Waals surface area contributed by atoms with E-state index >= 15 is 0 Å². The van der Waals surface area contributed by atoms with Crippen LogP contribution in [0.4, 0.5) is 0 Å². The van der Waals surface area contributed by atoms with Gasteiger partial charge in [-0.2, -0.15) is 8.42 Å². The number of quaternary nitrogens is 4. The predicted molar refractivity (Wildman–Crippen MR) is 351 cm³/mol. The van der Waals surface area contributed by atoms with Crippen molar-refractivity contribution in [2.75, 3.05) is 175 Å². The Morgan fingerprint density at radius 2 is 0.851 bits per heavy atom. The standard InChI is InChI=1S/C28H54N2O6S2.C23H44N2O5S.C11H20N2O4S/c1-27(2)28(3)36-24-14-12-10-8-6-7-9-11-13-18-30(19-16-25-37(5,31)32)22-20-29(4,21-23-30)17-15-26-38(33,34)35;1-22(2)23(26)30-20-12-10-8-6-4-5-7-9-11-14-24-15-18-25(3,19-16-24)17-13-21-31(27,28)29;1-3-11(14)12-5-8-13(2,9-6-12)7-4-10-18(15,16)17/h1,3,5-26H2,2,4H3;1,4-21H2,2-3H3;3H,1,4-10H2,2H3/p+2. The SMILES string of the molecule is C=C(C)C(=C)OCCCCCCCCCCC[N+]1(CCCS(=C)(=O)O)CC[N+](C)(CCCS(=O)(=O)O)CC1.C=C(C)C(=O)OCCCCCCCCCCCN1CC[N+](C)(CCCS(=O)(=O)[O-])CC1.C=CC(=O)N1CC[N+](C)(CCCS(=O)(=O)[O-])CC1. The fourth-order valence-electron chi connectivity index (χ4n) is 11.4. The van der Waals surface area contributed by atoms with Crippen LogP contribution in [-0.2, 0) is 59.2 Å². The molecule has 3 saturated heterocycles. The molecule has 3 fully saturated rings. The molecule has 25 heteroatoms. The number of hydrogen-bond acceptors (Lipinski definition) is 14. The lowest BCUT2D eigenvalue weighted by molar-refractivity contribution is -1.02. The molecule has 1 atom stereocenters. The molecule has 0 aromatic rings. The van der Waals surface area contributed by atoms with E-state index in [1.54, 1.807) is 11.8 Å². The molecule has 2 N–H and O–H groups in total. The van der Waals surface area contributed by atoms with Gasteiger partial charge in [0.05, 0.1) is 142 Å². The first-order valence-electron chi connectivity index (χ1n) is 32.2. The average molecular weight is 1320 g/mol. The average Bonchev–Trinajstić information content (AvgIpc) is 1.58. The summed E-state index contributed by atoms with van der Waals surface area (Å²) in [6.07, 6.45) is 25.1. The molecular formula is C62H120N6O15S4+2. The molecule has 1 unspecified atom stereocenters. The first kappa shape index (κ1) is 82.2. The second-order valence-electron chi connectivity index (χ2n) is 26.0. The molecule has 87 heavy (non-hydrogen) atoms. The van der Waals surface area contributed by atoms with Crippen molar-refractivity contribution in [1.29, 1.82) is 0 Å². The van der Waals surface area contributed by atoms with Gasteiger partial charge in [0.2, 0.25) is 5.91 Å². The second kappa shape index (κ2) is 42.4. The van der Waals surface area contributed by atoms with E-state index in [1.165, 1.54) is 96.0 Å². The Balaban J connectivity index is 0.000000692. The number of allylic oxidation sites excluding steroid dienone is 1. The van der Waals surface area contributed by atoms with Gasteiger partial charge in [-0.05, 0) is 70.0 Å². The molecule has 0 bridgehead atoms. The van der Waals surface area contributed by atoms with Gasteiger partial charge in [0.15, 0.2) is 0 Å². The number of hydrogen-bond donors (Lipinski definition) is 2. The minimum atomic E-state index is -4.12. The summed E-state index contributed by atoms with van der Waals surface area (Å²) in [6.45, 7) is 35.7. The third kappa shape index (κ3) is 43.6. The van der Waals surface area contributed by atoms with E-state index in [1.807, 2.05) is 14.0 Å². The third-order valence-corrected chi connectivity index (χ3v) is 20.9. The van der Waals surface area contributed by atoms with Crippen LogP contribution in [0.5, 0.6) is 0 Å². The van der Waals surface area contributed by atoms with Gasteiger partial charge in [-0.3, -0.25) is 14.2 Å². The van der Waals surface area contributed by atoms with Crippen LogP contribution >= 0.6 is 0 Å². The highest BCUT2D eigenvalue weighted by molar-refractivity contribution is 7.95. The normalized spacial score (nSPS) is 20.4. The molecule has 3 aliphatic heterocycles. The van der Waals surface area contributed by atoms with Crippen molar-refractivity contribution in [2.45, 2.75) is 155 Å². The van der Waals surface area contributed by atoms with Gasteiger partial charge in [0.1, 0.15) is 31.9 Å². The van der Waals surface area contributed by atoms with Crippen LogP contribution in [-0.4, -0.2) is 268 Å². The van der Waals surface area contributed by atoms with Gasteiger partial charge in [0, 0.05) is 61.6 Å². The minimum absolute atomic E-state index is 0.0663. The summed E-state index contributed by atoms with van der Waals surface area (Å²) in [7, 11) is -8.72. The molecule has 510 valence electrons. The number of carbonyl (C=O) groups is 2. The third-order valence-electron chi connectivity index (χ3n) is 17.6. The van der Waals surface area contributed by atoms with Crippen molar-refractivity contribution >= 4 is 57.9 Å². The Kier molecular flexibility index (Phi) is 40.0. The first-order valence-corrected chi connectivity index (χ1v) is 38.8. The van der Waals surface area contributed by atoms with Crippen molar-refractivity contribution in [3.8, 4) is 0 Å². The molecule has 0 aliphatic carbocycles. The van der Waals surface area contributed by atoms with Gasteiger partial charge >= 0.3 is 5.97 Å². The minimum Gasteiger partial charge on any atom is -0.748 e. The quantitative estimate of drug-likeness (QED) is 0.00877. The largest absolute Gasteiger partial charge is 0.748 e. The predicted octanol–water partition coefficient (Wildman–Crippen LogP) is 7.45. The van der Waals surface area contributed by atoms with Crippen LogP contribution in [0.3, 0.4) is 0 Å². The van der Waals surface area contributed by atoms with E-state index in [2.05, 4.69) is 51.2 Å². The molecule has 3 aliphatic rings. The molecular weight excluding hydrogens is 1200 g/mol. The fraction of sp³-hybridized carbons (Fsp3) is 0.823. The Morgan fingerprint density at radius 1 is 0.483 bits per heavy atom. The molecule has 3 heterocycles. The summed E-state index contributed by atoms with van der Waals surface area (Å²) in [5, 5.41) is 0. The number of esters is 1. The molecule has 0 aromatic heterocycles. The number of piperazine rings is 3. The Labute approximate surface area is 529 Å². The van der Waals surface area contributed by atoms with Crippen LogP contribution in [0.25, 0.3) is 0 Å². The first-order chi connectivity index (χ1) is 40.5. The molecule has 3 rings (SSSR count). The number of unbranched alkanes of at least 4 members (excludes halogenated alkanes) is 16. The zero-order valence-corrected chi connectivity index (χ0v) is 57.9. The maximum atomic E-state index is 11.7. The Hall–Kier alpha value is -2.79. The van der Waals surface area contributed by atoms with Crippen molar-refractivity contribution in [2.24, 2.45) is 0 Å². The number of ether oxygens (including phenoxy) is 2. The Morgan fingerprint density at radius 3 is 1.25 bits per heavy atom. The van der Waals surface area contributed by atoms with E-state index in [-0.39, 0.29) is 34.9 Å². The zero-order chi connectivity index (χ0) is 65.7. The lowest BCUT2D eigenvalue weighted by Crippen LogP contribution is -2.66. The topological polar surface area (TPSA) is 265 Å².